The number of hydrogen-bond acceptors (Lipinski definition) is 1. The van der Waals surface area contributed by atoms with E-state index in [1.807, 2.05) is 0 Å². The van der Waals surface area contributed by atoms with Crippen LogP contribution >= 0.6 is 11.8 Å². The van der Waals surface area contributed by atoms with Gasteiger partial charge < -0.3 is 0 Å². The molecule has 1 aliphatic rings. The van der Waals surface area contributed by atoms with Crippen molar-refractivity contribution in [1.29, 1.82) is 0 Å². The molecule has 1 saturated heterocycles. The highest BCUT2D eigenvalue weighted by molar-refractivity contribution is 8.01. The van der Waals surface area contributed by atoms with Crippen LogP contribution in [0.5, 0.6) is 0 Å². The molecule has 0 aliphatic carbocycles. The first-order valence-corrected chi connectivity index (χ1v) is 4.10. The standard InChI is InChI=1S/C6H12S/c1-2-3-6-4-5-7-6/h6H,2-5H2,1H3/t6-/m0/s1. The molecule has 0 aromatic carbocycles. The average molecular weight is 116 g/mol. The van der Waals surface area contributed by atoms with E-state index in [9.17, 15) is 0 Å². The Labute approximate surface area is 49.7 Å². The number of rotatable bonds is 2. The molecule has 0 amide bonds. The minimum Gasteiger partial charge on any atom is -0.159 e. The molecule has 0 bridgehead atoms. The summed E-state index contributed by atoms with van der Waals surface area (Å²) in [6.07, 6.45) is 4.31. The third-order valence-electron chi connectivity index (χ3n) is 1.40. The van der Waals surface area contributed by atoms with Crippen LogP contribution in [0, 0.1) is 0 Å². The van der Waals surface area contributed by atoms with Gasteiger partial charge in [-0.1, -0.05) is 13.3 Å². The molecule has 1 aliphatic heterocycles. The molecule has 0 radical (unpaired) electrons. The van der Waals surface area contributed by atoms with Crippen molar-refractivity contribution in [2.75, 3.05) is 5.75 Å². The maximum absolute atomic E-state index is 2.26. The number of hydrogen-bond donors (Lipinski definition) is 0. The molecule has 0 aromatic rings. The van der Waals surface area contributed by atoms with Crippen molar-refractivity contribution in [3.8, 4) is 0 Å². The summed E-state index contributed by atoms with van der Waals surface area (Å²) in [7, 11) is 0. The zero-order valence-corrected chi connectivity index (χ0v) is 5.63. The summed E-state index contributed by atoms with van der Waals surface area (Å²) in [5, 5.41) is 1.05. The van der Waals surface area contributed by atoms with Gasteiger partial charge in [-0.15, -0.1) is 0 Å². The molecule has 0 N–H and O–H groups in total. The zero-order chi connectivity index (χ0) is 5.11. The molecule has 0 saturated carbocycles. The molecular weight excluding hydrogens is 104 g/mol. The summed E-state index contributed by atoms with van der Waals surface area (Å²) in [5.41, 5.74) is 0. The van der Waals surface area contributed by atoms with E-state index in [0.29, 0.717) is 0 Å². The van der Waals surface area contributed by atoms with Crippen LogP contribution in [-0.4, -0.2) is 11.0 Å². The summed E-state index contributed by atoms with van der Waals surface area (Å²) in [4.78, 5) is 0. The van der Waals surface area contributed by atoms with Crippen molar-refractivity contribution in [1.82, 2.24) is 0 Å². The van der Waals surface area contributed by atoms with Crippen LogP contribution in [0.4, 0.5) is 0 Å². The molecule has 7 heavy (non-hydrogen) atoms. The topological polar surface area (TPSA) is 0 Å². The molecule has 42 valence electrons. The van der Waals surface area contributed by atoms with Crippen molar-refractivity contribution in [3.05, 3.63) is 0 Å². The summed E-state index contributed by atoms with van der Waals surface area (Å²) < 4.78 is 0. The third-order valence-corrected chi connectivity index (χ3v) is 2.82. The van der Waals surface area contributed by atoms with Gasteiger partial charge in [0, 0.05) is 5.25 Å². The largest absolute Gasteiger partial charge is 0.159 e. The zero-order valence-electron chi connectivity index (χ0n) is 4.81. The van der Waals surface area contributed by atoms with Crippen LogP contribution in [0.2, 0.25) is 0 Å². The molecular formula is C6H12S. The Hall–Kier alpha value is 0.350. The van der Waals surface area contributed by atoms with Crippen LogP contribution < -0.4 is 0 Å². The lowest BCUT2D eigenvalue weighted by molar-refractivity contribution is 0.693. The van der Waals surface area contributed by atoms with E-state index in [2.05, 4.69) is 18.7 Å². The fraction of sp³-hybridized carbons (Fsp3) is 1.00. The Morgan fingerprint density at radius 2 is 2.43 bits per heavy atom. The lowest BCUT2D eigenvalue weighted by Crippen LogP contribution is -2.14. The predicted octanol–water partition coefficient (Wildman–Crippen LogP) is 2.29. The lowest BCUT2D eigenvalue weighted by atomic mass is 10.2. The molecule has 0 unspecified atom stereocenters. The van der Waals surface area contributed by atoms with E-state index in [1.165, 1.54) is 25.0 Å². The molecule has 1 heteroatoms. The summed E-state index contributed by atoms with van der Waals surface area (Å²) >= 11 is 2.13. The van der Waals surface area contributed by atoms with E-state index in [0.717, 1.165) is 5.25 Å². The fourth-order valence-corrected chi connectivity index (χ4v) is 1.81. The van der Waals surface area contributed by atoms with Crippen molar-refractivity contribution in [2.24, 2.45) is 0 Å². The fourth-order valence-electron chi connectivity index (χ4n) is 0.834. The first-order valence-electron chi connectivity index (χ1n) is 3.05. The highest BCUT2D eigenvalue weighted by atomic mass is 32.2. The van der Waals surface area contributed by atoms with Gasteiger partial charge in [-0.3, -0.25) is 0 Å². The highest BCUT2D eigenvalue weighted by Gasteiger charge is 2.15. The smallest absolute Gasteiger partial charge is 0.00548 e. The second-order valence-electron chi connectivity index (χ2n) is 2.07. The molecule has 1 atom stereocenters. The van der Waals surface area contributed by atoms with Gasteiger partial charge in [-0.05, 0) is 18.6 Å². The second-order valence-corrected chi connectivity index (χ2v) is 3.48. The predicted molar refractivity (Wildman–Crippen MR) is 35.8 cm³/mol. The molecule has 1 heterocycles. The summed E-state index contributed by atoms with van der Waals surface area (Å²) in [6, 6.07) is 0. The van der Waals surface area contributed by atoms with Crippen LogP contribution in [-0.2, 0) is 0 Å². The maximum atomic E-state index is 2.26. The van der Waals surface area contributed by atoms with Crippen molar-refractivity contribution < 1.29 is 0 Å². The lowest BCUT2D eigenvalue weighted by Gasteiger charge is -2.23. The van der Waals surface area contributed by atoms with Gasteiger partial charge in [0.05, 0.1) is 0 Å². The van der Waals surface area contributed by atoms with E-state index in [1.54, 1.807) is 0 Å². The van der Waals surface area contributed by atoms with E-state index < -0.39 is 0 Å². The summed E-state index contributed by atoms with van der Waals surface area (Å²) in [5.74, 6) is 1.42. The SMILES string of the molecule is CCC[C@H]1CCS1. The van der Waals surface area contributed by atoms with Crippen molar-refractivity contribution in [2.45, 2.75) is 31.4 Å². The minimum absolute atomic E-state index is 1.05. The van der Waals surface area contributed by atoms with Gasteiger partial charge in [0.2, 0.25) is 0 Å². The Bertz CT molecular complexity index is 48.1. The van der Waals surface area contributed by atoms with Crippen molar-refractivity contribution >= 4 is 11.8 Å². The molecule has 0 aromatic heterocycles. The first kappa shape index (κ1) is 5.49. The van der Waals surface area contributed by atoms with E-state index in [4.69, 9.17) is 0 Å². The van der Waals surface area contributed by atoms with Crippen LogP contribution in [0.25, 0.3) is 0 Å². The monoisotopic (exact) mass is 116 g/mol. The van der Waals surface area contributed by atoms with Gasteiger partial charge in [0.15, 0.2) is 0 Å². The molecule has 1 rings (SSSR count). The van der Waals surface area contributed by atoms with E-state index >= 15 is 0 Å². The third kappa shape index (κ3) is 1.37. The minimum atomic E-state index is 1.05. The van der Waals surface area contributed by atoms with E-state index in [-0.39, 0.29) is 0 Å². The van der Waals surface area contributed by atoms with Crippen LogP contribution in [0.1, 0.15) is 26.2 Å². The highest BCUT2D eigenvalue weighted by Crippen LogP contribution is 2.30. The van der Waals surface area contributed by atoms with Gasteiger partial charge >= 0.3 is 0 Å². The van der Waals surface area contributed by atoms with Gasteiger partial charge in [-0.2, -0.15) is 11.8 Å². The Kier molecular flexibility index (Phi) is 2.04. The Morgan fingerprint density at radius 1 is 1.71 bits per heavy atom. The quantitative estimate of drug-likeness (QED) is 0.533. The van der Waals surface area contributed by atoms with Crippen LogP contribution in [0.15, 0.2) is 0 Å². The van der Waals surface area contributed by atoms with Crippen LogP contribution in [0.3, 0.4) is 0 Å². The number of thioether (sulfide) groups is 1. The Balaban J connectivity index is 1.93. The first-order chi connectivity index (χ1) is 3.43. The normalized spacial score (nSPS) is 29.6. The Morgan fingerprint density at radius 3 is 2.57 bits per heavy atom. The average Bonchev–Trinajstić information content (AvgIpc) is 1.55. The molecule has 0 spiro atoms. The molecule has 1 fully saturated rings. The second kappa shape index (κ2) is 2.61. The van der Waals surface area contributed by atoms with Gasteiger partial charge in [0.1, 0.15) is 0 Å². The van der Waals surface area contributed by atoms with Gasteiger partial charge in [0.25, 0.3) is 0 Å². The van der Waals surface area contributed by atoms with Crippen molar-refractivity contribution in [3.63, 3.8) is 0 Å². The van der Waals surface area contributed by atoms with Gasteiger partial charge in [-0.25, -0.2) is 0 Å². The summed E-state index contributed by atoms with van der Waals surface area (Å²) in [6.45, 7) is 2.26. The molecule has 0 nitrogen and oxygen atoms in total. The maximum Gasteiger partial charge on any atom is 0.00548 e.